The molecular weight excluding hydrogens is 382 g/mol. The maximum Gasteiger partial charge on any atom is 0.238 e. The van der Waals surface area contributed by atoms with E-state index in [1.807, 2.05) is 24.1 Å². The molecule has 28 heavy (non-hydrogen) atoms. The molecule has 2 rings (SSSR count). The van der Waals surface area contributed by atoms with Gasteiger partial charge in [-0.05, 0) is 31.3 Å². The maximum atomic E-state index is 12.3. The van der Waals surface area contributed by atoms with E-state index in [0.29, 0.717) is 40.1 Å². The summed E-state index contributed by atoms with van der Waals surface area (Å²) in [5.41, 5.74) is 1.75. The van der Waals surface area contributed by atoms with Crippen molar-refractivity contribution in [2.24, 2.45) is 0 Å². The summed E-state index contributed by atoms with van der Waals surface area (Å²) in [5.74, 6) is 1.43. The highest BCUT2D eigenvalue weighted by molar-refractivity contribution is 6.32. The summed E-state index contributed by atoms with van der Waals surface area (Å²) in [6.45, 7) is 0.611. The molecule has 0 aromatic heterocycles. The molecule has 0 aliphatic heterocycles. The van der Waals surface area contributed by atoms with Gasteiger partial charge in [0.05, 0.1) is 38.5 Å². The fourth-order valence-corrected chi connectivity index (χ4v) is 2.99. The van der Waals surface area contributed by atoms with E-state index in [2.05, 4.69) is 5.32 Å². The van der Waals surface area contributed by atoms with Crippen molar-refractivity contribution in [3.8, 4) is 23.3 Å². The highest BCUT2D eigenvalue weighted by Gasteiger charge is 2.18. The van der Waals surface area contributed by atoms with Crippen molar-refractivity contribution >= 4 is 23.2 Å². The summed E-state index contributed by atoms with van der Waals surface area (Å²) in [7, 11) is 6.48. The summed E-state index contributed by atoms with van der Waals surface area (Å²) < 4.78 is 16.1. The second-order valence-corrected chi connectivity index (χ2v) is 6.43. The molecule has 7 nitrogen and oxygen atoms in total. The van der Waals surface area contributed by atoms with Crippen LogP contribution >= 0.6 is 11.6 Å². The highest BCUT2D eigenvalue weighted by atomic mass is 35.5. The van der Waals surface area contributed by atoms with E-state index in [1.165, 1.54) is 0 Å². The number of nitrogens with one attached hydrogen (secondary N) is 1. The van der Waals surface area contributed by atoms with Gasteiger partial charge in [0.2, 0.25) is 11.7 Å². The number of hydrogen-bond donors (Lipinski definition) is 1. The molecule has 0 saturated carbocycles. The zero-order chi connectivity index (χ0) is 20.7. The molecule has 0 aliphatic rings. The number of hydrogen-bond acceptors (Lipinski definition) is 6. The van der Waals surface area contributed by atoms with Gasteiger partial charge in [-0.3, -0.25) is 9.69 Å². The largest absolute Gasteiger partial charge is 0.493 e. The summed E-state index contributed by atoms with van der Waals surface area (Å²) in [4.78, 5) is 14.2. The van der Waals surface area contributed by atoms with Crippen molar-refractivity contribution in [3.63, 3.8) is 0 Å². The van der Waals surface area contributed by atoms with Gasteiger partial charge in [-0.15, -0.1) is 0 Å². The molecule has 0 fully saturated rings. The summed E-state index contributed by atoms with van der Waals surface area (Å²) in [6, 6.07) is 10.4. The molecule has 2 aromatic rings. The molecular formula is C20H22ClN3O4. The van der Waals surface area contributed by atoms with Gasteiger partial charge in [0.15, 0.2) is 11.5 Å². The van der Waals surface area contributed by atoms with Crippen LogP contribution in [0.3, 0.4) is 0 Å². The topological polar surface area (TPSA) is 83.8 Å². The first-order valence-electron chi connectivity index (χ1n) is 8.39. The van der Waals surface area contributed by atoms with Gasteiger partial charge in [-0.2, -0.15) is 5.26 Å². The Bertz CT molecular complexity index is 896. The van der Waals surface area contributed by atoms with Crippen LogP contribution in [-0.4, -0.2) is 45.7 Å². The van der Waals surface area contributed by atoms with Gasteiger partial charge < -0.3 is 19.5 Å². The molecule has 0 heterocycles. The monoisotopic (exact) mass is 403 g/mol. The van der Waals surface area contributed by atoms with Gasteiger partial charge >= 0.3 is 0 Å². The van der Waals surface area contributed by atoms with Crippen molar-refractivity contribution in [2.75, 3.05) is 40.2 Å². The summed E-state index contributed by atoms with van der Waals surface area (Å²) in [5, 5.41) is 12.0. The quantitative estimate of drug-likeness (QED) is 0.728. The number of anilines is 1. The van der Waals surface area contributed by atoms with E-state index < -0.39 is 0 Å². The number of amides is 1. The number of carbonyl (C=O) groups is 1. The van der Waals surface area contributed by atoms with Crippen LogP contribution in [0.2, 0.25) is 5.02 Å². The third kappa shape index (κ3) is 5.06. The lowest BCUT2D eigenvalue weighted by Crippen LogP contribution is -2.30. The lowest BCUT2D eigenvalue weighted by atomic mass is 10.1. The first-order valence-corrected chi connectivity index (χ1v) is 8.77. The van der Waals surface area contributed by atoms with Crippen molar-refractivity contribution in [3.05, 3.63) is 46.5 Å². The number of methoxy groups -OCH3 is 3. The SMILES string of the molecule is COc1ccc(CN(C)CC(=O)Nc2ccc(C#N)c(Cl)c2)c(OC)c1OC. The molecule has 1 amide bonds. The van der Waals surface area contributed by atoms with Gasteiger partial charge in [0.25, 0.3) is 0 Å². The second kappa shape index (κ2) is 9.83. The minimum Gasteiger partial charge on any atom is -0.493 e. The Morgan fingerprint density at radius 1 is 1.14 bits per heavy atom. The molecule has 0 aliphatic carbocycles. The molecule has 1 N–H and O–H groups in total. The maximum absolute atomic E-state index is 12.3. The molecule has 148 valence electrons. The lowest BCUT2D eigenvalue weighted by Gasteiger charge is -2.20. The van der Waals surface area contributed by atoms with Crippen molar-refractivity contribution in [2.45, 2.75) is 6.54 Å². The third-order valence-electron chi connectivity index (χ3n) is 4.01. The second-order valence-electron chi connectivity index (χ2n) is 6.02. The van der Waals surface area contributed by atoms with Crippen LogP contribution in [-0.2, 0) is 11.3 Å². The molecule has 0 saturated heterocycles. The van der Waals surface area contributed by atoms with Gasteiger partial charge in [0.1, 0.15) is 6.07 Å². The number of halogens is 1. The Morgan fingerprint density at radius 2 is 1.86 bits per heavy atom. The van der Waals surface area contributed by atoms with Crippen molar-refractivity contribution in [1.82, 2.24) is 4.90 Å². The summed E-state index contributed by atoms with van der Waals surface area (Å²) >= 11 is 5.99. The molecule has 0 atom stereocenters. The number of carbonyl (C=O) groups excluding carboxylic acids is 1. The number of likely N-dealkylation sites (N-methyl/N-ethyl adjacent to an activating group) is 1. The van der Waals surface area contributed by atoms with E-state index in [1.54, 1.807) is 45.6 Å². The van der Waals surface area contributed by atoms with E-state index in [-0.39, 0.29) is 12.5 Å². The molecule has 2 aromatic carbocycles. The molecule has 0 spiro atoms. The van der Waals surface area contributed by atoms with Gasteiger partial charge in [-0.25, -0.2) is 0 Å². The predicted molar refractivity (Wildman–Crippen MR) is 107 cm³/mol. The first-order chi connectivity index (χ1) is 13.4. The first kappa shape index (κ1) is 21.4. The molecule has 0 unspecified atom stereocenters. The van der Waals surface area contributed by atoms with Crippen molar-refractivity contribution < 1.29 is 19.0 Å². The zero-order valence-electron chi connectivity index (χ0n) is 16.2. The Morgan fingerprint density at radius 3 is 2.43 bits per heavy atom. The van der Waals surface area contributed by atoms with Gasteiger partial charge in [0, 0.05) is 17.8 Å². The van der Waals surface area contributed by atoms with Crippen molar-refractivity contribution in [1.29, 1.82) is 5.26 Å². The van der Waals surface area contributed by atoms with E-state index in [0.717, 1.165) is 5.56 Å². The molecule has 0 bridgehead atoms. The van der Waals surface area contributed by atoms with Crippen LogP contribution < -0.4 is 19.5 Å². The minimum absolute atomic E-state index is 0.148. The smallest absolute Gasteiger partial charge is 0.238 e. The van der Waals surface area contributed by atoms with Crippen LogP contribution in [0.1, 0.15) is 11.1 Å². The number of nitriles is 1. The Balaban J connectivity index is 2.05. The highest BCUT2D eigenvalue weighted by Crippen LogP contribution is 2.40. The van der Waals surface area contributed by atoms with E-state index >= 15 is 0 Å². The average Bonchev–Trinajstić information content (AvgIpc) is 2.67. The minimum atomic E-state index is -0.206. The molecule has 8 heteroatoms. The predicted octanol–water partition coefficient (Wildman–Crippen LogP) is 3.31. The van der Waals surface area contributed by atoms with Crippen LogP contribution in [0.5, 0.6) is 17.2 Å². The van der Waals surface area contributed by atoms with Crippen LogP contribution in [0.15, 0.2) is 30.3 Å². The fraction of sp³-hybridized carbons (Fsp3) is 0.300. The average molecular weight is 404 g/mol. The number of ether oxygens (including phenoxy) is 3. The van der Waals surface area contributed by atoms with Crippen LogP contribution in [0.4, 0.5) is 5.69 Å². The molecule has 0 radical (unpaired) electrons. The zero-order valence-corrected chi connectivity index (χ0v) is 17.0. The lowest BCUT2D eigenvalue weighted by molar-refractivity contribution is -0.117. The summed E-state index contributed by atoms with van der Waals surface area (Å²) in [6.07, 6.45) is 0. The number of rotatable bonds is 8. The Labute approximate surface area is 169 Å². The Kier molecular flexibility index (Phi) is 7.50. The van der Waals surface area contributed by atoms with Crippen LogP contribution in [0, 0.1) is 11.3 Å². The van der Waals surface area contributed by atoms with E-state index in [9.17, 15) is 4.79 Å². The van der Waals surface area contributed by atoms with E-state index in [4.69, 9.17) is 31.1 Å². The van der Waals surface area contributed by atoms with Crippen LogP contribution in [0.25, 0.3) is 0 Å². The van der Waals surface area contributed by atoms with Gasteiger partial charge in [-0.1, -0.05) is 17.7 Å². The normalized spacial score (nSPS) is 10.3. The third-order valence-corrected chi connectivity index (χ3v) is 4.33. The number of benzene rings is 2. The fourth-order valence-electron chi connectivity index (χ4n) is 2.76. The standard InChI is InChI=1S/C20H22ClN3O4/c1-24(11-14-6-8-17(26-2)20(28-4)19(14)27-3)12-18(25)23-15-7-5-13(10-22)16(21)9-15/h5-9H,11-12H2,1-4H3,(H,23,25). The Hall–Kier alpha value is -2.95. The number of nitrogens with zero attached hydrogens (tertiary/aromatic N) is 2.